The highest BCUT2D eigenvalue weighted by atomic mass is 35.5. The van der Waals surface area contributed by atoms with Crippen LogP contribution in [0.3, 0.4) is 0 Å². The van der Waals surface area contributed by atoms with Gasteiger partial charge in [-0.25, -0.2) is 4.79 Å². The molecule has 6 heteroatoms. The average Bonchev–Trinajstić information content (AvgIpc) is 2.94. The number of carbonyl (C=O) groups is 1. The first kappa shape index (κ1) is 18.5. The topological polar surface area (TPSA) is 81.1 Å². The molecule has 0 bridgehead atoms. The summed E-state index contributed by atoms with van der Waals surface area (Å²) in [6, 6.07) is 17.2. The van der Waals surface area contributed by atoms with Gasteiger partial charge in [0.25, 0.3) is 0 Å². The highest BCUT2D eigenvalue weighted by Crippen LogP contribution is 2.22. The summed E-state index contributed by atoms with van der Waals surface area (Å²) in [4.78, 5) is 12.3. The first-order valence-corrected chi connectivity index (χ1v) is 7.79. The molecule has 0 atom stereocenters. The van der Waals surface area contributed by atoms with Crippen LogP contribution >= 0.6 is 12.4 Å². The van der Waals surface area contributed by atoms with Crippen molar-refractivity contribution in [1.29, 1.82) is 5.41 Å². The summed E-state index contributed by atoms with van der Waals surface area (Å²) in [6.45, 7) is 2.63. The van der Waals surface area contributed by atoms with Gasteiger partial charge < -0.3 is 15.0 Å². The van der Waals surface area contributed by atoms with E-state index in [0.717, 1.165) is 16.5 Å². The van der Waals surface area contributed by atoms with Crippen molar-refractivity contribution >= 4 is 35.1 Å². The Morgan fingerprint density at radius 3 is 2.64 bits per heavy atom. The SMILES string of the molecule is CCOC(=O)c1cc2ccccc2n1Cc1cccc(C(=N)N)c1.Cl. The maximum Gasteiger partial charge on any atom is 0.354 e. The van der Waals surface area contributed by atoms with E-state index >= 15 is 0 Å². The Balaban J connectivity index is 0.00000225. The molecule has 0 radical (unpaired) electrons. The number of carbonyl (C=O) groups excluding carboxylic acids is 1. The third-order valence-corrected chi connectivity index (χ3v) is 3.87. The number of nitrogens with two attached hydrogens (primary N) is 1. The molecule has 0 fully saturated rings. The van der Waals surface area contributed by atoms with E-state index in [0.29, 0.717) is 24.4 Å². The van der Waals surface area contributed by atoms with Gasteiger partial charge in [-0.15, -0.1) is 12.4 Å². The van der Waals surface area contributed by atoms with Crippen LogP contribution in [0.4, 0.5) is 0 Å². The number of esters is 1. The van der Waals surface area contributed by atoms with Crippen molar-refractivity contribution in [3.63, 3.8) is 0 Å². The van der Waals surface area contributed by atoms with Crippen molar-refractivity contribution in [2.45, 2.75) is 13.5 Å². The van der Waals surface area contributed by atoms with Crippen molar-refractivity contribution in [2.75, 3.05) is 6.61 Å². The summed E-state index contributed by atoms with van der Waals surface area (Å²) in [5.74, 6) is -0.309. The van der Waals surface area contributed by atoms with E-state index in [4.69, 9.17) is 15.9 Å². The molecular formula is C19H20ClN3O2. The number of halogens is 1. The Kier molecular flexibility index (Phi) is 5.83. The number of aromatic nitrogens is 1. The number of ether oxygens (including phenoxy) is 1. The number of hydrogen-bond acceptors (Lipinski definition) is 3. The number of amidine groups is 1. The molecule has 0 aliphatic rings. The van der Waals surface area contributed by atoms with Crippen LogP contribution in [0, 0.1) is 5.41 Å². The molecule has 0 aliphatic heterocycles. The standard InChI is InChI=1S/C19H19N3O2.ClH/c1-2-24-19(23)17-11-14-7-3-4-9-16(14)22(17)12-13-6-5-8-15(10-13)18(20)21;/h3-11H,2,12H2,1H3,(H3,20,21);1H. The molecule has 1 heterocycles. The quantitative estimate of drug-likeness (QED) is 0.416. The van der Waals surface area contributed by atoms with Gasteiger partial charge in [0, 0.05) is 23.0 Å². The zero-order valence-corrected chi connectivity index (χ0v) is 14.7. The smallest absolute Gasteiger partial charge is 0.354 e. The molecule has 130 valence electrons. The van der Waals surface area contributed by atoms with E-state index in [1.807, 2.05) is 53.1 Å². The number of benzene rings is 2. The van der Waals surface area contributed by atoms with Crippen LogP contribution in [0.5, 0.6) is 0 Å². The molecule has 5 nitrogen and oxygen atoms in total. The lowest BCUT2D eigenvalue weighted by molar-refractivity contribution is 0.0515. The summed E-state index contributed by atoms with van der Waals surface area (Å²) < 4.78 is 7.12. The van der Waals surface area contributed by atoms with Crippen LogP contribution in [0.25, 0.3) is 10.9 Å². The fourth-order valence-electron chi connectivity index (χ4n) is 2.77. The number of nitrogen functional groups attached to an aromatic ring is 1. The van der Waals surface area contributed by atoms with Crippen LogP contribution in [0.1, 0.15) is 28.5 Å². The van der Waals surface area contributed by atoms with Gasteiger partial charge in [0.1, 0.15) is 11.5 Å². The van der Waals surface area contributed by atoms with Gasteiger partial charge in [-0.2, -0.15) is 0 Å². The molecule has 3 N–H and O–H groups in total. The van der Waals surface area contributed by atoms with Gasteiger partial charge in [-0.3, -0.25) is 5.41 Å². The lowest BCUT2D eigenvalue weighted by atomic mass is 10.1. The van der Waals surface area contributed by atoms with Gasteiger partial charge in [0.05, 0.1) is 6.61 Å². The Morgan fingerprint density at radius 1 is 1.16 bits per heavy atom. The van der Waals surface area contributed by atoms with Gasteiger partial charge in [-0.05, 0) is 30.7 Å². The second-order valence-electron chi connectivity index (χ2n) is 5.51. The summed E-state index contributed by atoms with van der Waals surface area (Å²) in [5, 5.41) is 8.56. The van der Waals surface area contributed by atoms with Gasteiger partial charge in [-0.1, -0.05) is 36.4 Å². The zero-order chi connectivity index (χ0) is 17.1. The summed E-state index contributed by atoms with van der Waals surface area (Å²) >= 11 is 0. The summed E-state index contributed by atoms with van der Waals surface area (Å²) in [5.41, 5.74) is 8.69. The molecule has 3 rings (SSSR count). The highest BCUT2D eigenvalue weighted by molar-refractivity contribution is 5.96. The molecular weight excluding hydrogens is 338 g/mol. The minimum Gasteiger partial charge on any atom is -0.461 e. The molecule has 1 aromatic heterocycles. The minimum atomic E-state index is -0.337. The lowest BCUT2D eigenvalue weighted by Gasteiger charge is -2.11. The third kappa shape index (κ3) is 3.83. The van der Waals surface area contributed by atoms with Crippen LogP contribution < -0.4 is 5.73 Å². The second kappa shape index (κ2) is 7.85. The molecule has 2 aromatic carbocycles. The van der Waals surface area contributed by atoms with Crippen molar-refractivity contribution in [3.8, 4) is 0 Å². The molecule has 0 spiro atoms. The number of para-hydroxylation sites is 1. The van der Waals surface area contributed by atoms with Crippen molar-refractivity contribution < 1.29 is 9.53 Å². The number of rotatable bonds is 5. The number of nitrogens with one attached hydrogen (secondary N) is 1. The Labute approximate surface area is 152 Å². The first-order chi connectivity index (χ1) is 11.6. The Morgan fingerprint density at radius 2 is 1.92 bits per heavy atom. The van der Waals surface area contributed by atoms with Crippen molar-refractivity contribution in [1.82, 2.24) is 4.57 Å². The Bertz CT molecular complexity index is 918. The summed E-state index contributed by atoms with van der Waals surface area (Å²) in [6.07, 6.45) is 0. The summed E-state index contributed by atoms with van der Waals surface area (Å²) in [7, 11) is 0. The normalized spacial score (nSPS) is 10.3. The van der Waals surface area contributed by atoms with Crippen molar-refractivity contribution in [2.24, 2.45) is 5.73 Å². The van der Waals surface area contributed by atoms with E-state index in [-0.39, 0.29) is 24.2 Å². The largest absolute Gasteiger partial charge is 0.461 e. The predicted molar refractivity (Wildman–Crippen MR) is 102 cm³/mol. The lowest BCUT2D eigenvalue weighted by Crippen LogP contribution is -2.14. The monoisotopic (exact) mass is 357 g/mol. The second-order valence-corrected chi connectivity index (χ2v) is 5.51. The average molecular weight is 358 g/mol. The van der Waals surface area contributed by atoms with E-state index in [1.165, 1.54) is 0 Å². The predicted octanol–water partition coefficient (Wildman–Crippen LogP) is 3.57. The Hall–Kier alpha value is -2.79. The van der Waals surface area contributed by atoms with Crippen LogP contribution in [0.15, 0.2) is 54.6 Å². The fraction of sp³-hybridized carbons (Fsp3) is 0.158. The number of hydrogen-bond donors (Lipinski definition) is 2. The van der Waals surface area contributed by atoms with E-state index < -0.39 is 0 Å². The van der Waals surface area contributed by atoms with E-state index in [2.05, 4.69) is 0 Å². The highest BCUT2D eigenvalue weighted by Gasteiger charge is 2.16. The number of nitrogens with zero attached hydrogens (tertiary/aromatic N) is 1. The molecule has 0 aliphatic carbocycles. The van der Waals surface area contributed by atoms with Gasteiger partial charge >= 0.3 is 5.97 Å². The third-order valence-electron chi connectivity index (χ3n) is 3.87. The molecule has 0 saturated carbocycles. The van der Waals surface area contributed by atoms with Gasteiger partial charge in [0.2, 0.25) is 0 Å². The van der Waals surface area contributed by atoms with Crippen LogP contribution in [0.2, 0.25) is 0 Å². The maximum atomic E-state index is 12.3. The zero-order valence-electron chi connectivity index (χ0n) is 13.9. The van der Waals surface area contributed by atoms with E-state index in [9.17, 15) is 4.79 Å². The maximum absolute atomic E-state index is 12.3. The first-order valence-electron chi connectivity index (χ1n) is 7.79. The number of fused-ring (bicyclic) bond motifs is 1. The molecule has 3 aromatic rings. The van der Waals surface area contributed by atoms with Crippen molar-refractivity contribution in [3.05, 3.63) is 71.4 Å². The van der Waals surface area contributed by atoms with Crippen LogP contribution in [-0.4, -0.2) is 23.0 Å². The fourth-order valence-corrected chi connectivity index (χ4v) is 2.77. The molecule has 0 saturated heterocycles. The molecule has 0 unspecified atom stereocenters. The molecule has 25 heavy (non-hydrogen) atoms. The van der Waals surface area contributed by atoms with Crippen LogP contribution in [-0.2, 0) is 11.3 Å². The van der Waals surface area contributed by atoms with Gasteiger partial charge in [0.15, 0.2) is 0 Å². The molecule has 0 amide bonds. The van der Waals surface area contributed by atoms with E-state index in [1.54, 1.807) is 13.0 Å². The minimum absolute atomic E-state index is 0.